The number of hydrogen-bond acceptors (Lipinski definition) is 5. The maximum Gasteiger partial charge on any atom is 0.255 e. The van der Waals surface area contributed by atoms with E-state index in [9.17, 15) is 8.78 Å². The largest absolute Gasteiger partial charge is 0.395 e. The summed E-state index contributed by atoms with van der Waals surface area (Å²) < 4.78 is 25.6. The molecule has 0 atom stereocenters. The first-order valence-corrected chi connectivity index (χ1v) is 6.78. The fourth-order valence-corrected chi connectivity index (χ4v) is 1.91. The van der Waals surface area contributed by atoms with Gasteiger partial charge in [0.05, 0.1) is 17.6 Å². The van der Waals surface area contributed by atoms with E-state index in [4.69, 9.17) is 5.11 Å². The van der Waals surface area contributed by atoms with Crippen LogP contribution in [0.5, 0.6) is 0 Å². The van der Waals surface area contributed by atoms with Crippen LogP contribution in [0.2, 0.25) is 0 Å². The predicted octanol–water partition coefficient (Wildman–Crippen LogP) is 2.12. The van der Waals surface area contributed by atoms with Gasteiger partial charge < -0.3 is 15.3 Å². The van der Waals surface area contributed by atoms with Gasteiger partial charge in [-0.05, 0) is 22.4 Å². The normalized spacial score (nSPS) is 10.8. The molecule has 0 spiro atoms. The number of aliphatic hydroxyl groups is 1. The molecule has 1 aromatic rings. The molecule has 0 saturated carbocycles. The van der Waals surface area contributed by atoms with E-state index in [1.54, 1.807) is 0 Å². The van der Waals surface area contributed by atoms with Gasteiger partial charge in [0, 0.05) is 19.3 Å². The van der Waals surface area contributed by atoms with Gasteiger partial charge in [-0.1, -0.05) is 6.92 Å². The van der Waals surface area contributed by atoms with E-state index in [0.29, 0.717) is 22.8 Å². The van der Waals surface area contributed by atoms with Gasteiger partial charge in [0.1, 0.15) is 5.82 Å². The quantitative estimate of drug-likeness (QED) is 0.760. The van der Waals surface area contributed by atoms with Crippen LogP contribution >= 0.6 is 15.9 Å². The van der Waals surface area contributed by atoms with Crippen molar-refractivity contribution < 1.29 is 13.9 Å². The Bertz CT molecular complexity index is 395. The molecule has 0 fully saturated rings. The summed E-state index contributed by atoms with van der Waals surface area (Å²) >= 11 is 3.24. The third-order valence-corrected chi connectivity index (χ3v) is 2.85. The molecule has 0 amide bonds. The van der Waals surface area contributed by atoms with Crippen molar-refractivity contribution >= 4 is 27.7 Å². The molecule has 8 heteroatoms. The Morgan fingerprint density at radius 1 is 1.53 bits per heavy atom. The molecule has 1 rings (SSSR count). The molecule has 0 saturated heterocycles. The van der Waals surface area contributed by atoms with Gasteiger partial charge in [0.2, 0.25) is 5.95 Å². The SMILES string of the molecule is CCCNc1ncc(Br)c(N(CCO)CC(F)F)n1. The summed E-state index contributed by atoms with van der Waals surface area (Å²) in [6, 6.07) is 0. The van der Waals surface area contributed by atoms with Crippen LogP contribution in [0, 0.1) is 0 Å². The first-order valence-electron chi connectivity index (χ1n) is 5.98. The zero-order valence-corrected chi connectivity index (χ0v) is 12.2. The van der Waals surface area contributed by atoms with Gasteiger partial charge in [0.25, 0.3) is 6.43 Å². The molecular formula is C11H17BrF2N4O. The van der Waals surface area contributed by atoms with Crippen molar-refractivity contribution in [3.05, 3.63) is 10.7 Å². The lowest BCUT2D eigenvalue weighted by Gasteiger charge is -2.23. The summed E-state index contributed by atoms with van der Waals surface area (Å²) in [5.74, 6) is 0.736. The highest BCUT2D eigenvalue weighted by molar-refractivity contribution is 9.10. The van der Waals surface area contributed by atoms with Crippen molar-refractivity contribution in [3.63, 3.8) is 0 Å². The highest BCUT2D eigenvalue weighted by Gasteiger charge is 2.17. The Kier molecular flexibility index (Phi) is 6.93. The van der Waals surface area contributed by atoms with E-state index < -0.39 is 13.0 Å². The summed E-state index contributed by atoms with van der Waals surface area (Å²) in [7, 11) is 0. The standard InChI is InChI=1S/C11H17BrF2N4O/c1-2-3-15-11-16-6-8(12)10(17-11)18(4-5-19)7-9(13)14/h6,9,19H,2-5,7H2,1H3,(H,15,16,17). The smallest absolute Gasteiger partial charge is 0.255 e. The fraction of sp³-hybridized carbons (Fsp3) is 0.636. The third kappa shape index (κ3) is 5.23. The minimum absolute atomic E-state index is 0.0904. The minimum Gasteiger partial charge on any atom is -0.395 e. The van der Waals surface area contributed by atoms with Crippen molar-refractivity contribution in [2.45, 2.75) is 19.8 Å². The van der Waals surface area contributed by atoms with Crippen LogP contribution in [0.15, 0.2) is 10.7 Å². The molecule has 5 nitrogen and oxygen atoms in total. The maximum atomic E-state index is 12.5. The van der Waals surface area contributed by atoms with Gasteiger partial charge >= 0.3 is 0 Å². The summed E-state index contributed by atoms with van der Waals surface area (Å²) in [6.45, 7) is 2.09. The van der Waals surface area contributed by atoms with Crippen LogP contribution in [0.1, 0.15) is 13.3 Å². The third-order valence-electron chi connectivity index (χ3n) is 2.29. The number of hydrogen-bond donors (Lipinski definition) is 2. The molecule has 1 heterocycles. The van der Waals surface area contributed by atoms with E-state index in [2.05, 4.69) is 31.2 Å². The second-order valence-electron chi connectivity index (χ2n) is 3.85. The molecule has 19 heavy (non-hydrogen) atoms. The first-order chi connectivity index (χ1) is 9.08. The summed E-state index contributed by atoms with van der Waals surface area (Å²) in [5, 5.41) is 11.9. The Hall–Kier alpha value is -1.02. The van der Waals surface area contributed by atoms with Gasteiger partial charge in [-0.25, -0.2) is 13.8 Å². The molecule has 0 unspecified atom stereocenters. The molecule has 0 aliphatic heterocycles. The fourth-order valence-electron chi connectivity index (χ4n) is 1.47. The Labute approximate surface area is 119 Å². The average Bonchev–Trinajstić information content (AvgIpc) is 2.37. The van der Waals surface area contributed by atoms with E-state index >= 15 is 0 Å². The number of halogens is 3. The van der Waals surface area contributed by atoms with Gasteiger partial charge in [-0.2, -0.15) is 4.98 Å². The second-order valence-corrected chi connectivity index (χ2v) is 4.71. The lowest BCUT2D eigenvalue weighted by Crippen LogP contribution is -2.32. The molecule has 108 valence electrons. The predicted molar refractivity (Wildman–Crippen MR) is 73.8 cm³/mol. The highest BCUT2D eigenvalue weighted by atomic mass is 79.9. The van der Waals surface area contributed by atoms with Gasteiger partial charge in [0.15, 0.2) is 0 Å². The number of nitrogens with zero attached hydrogens (tertiary/aromatic N) is 3. The Balaban J connectivity index is 2.92. The number of rotatable bonds is 8. The van der Waals surface area contributed by atoms with Crippen LogP contribution < -0.4 is 10.2 Å². The van der Waals surface area contributed by atoms with Crippen molar-refractivity contribution in [3.8, 4) is 0 Å². The summed E-state index contributed by atoms with van der Waals surface area (Å²) in [5.41, 5.74) is 0. The van der Waals surface area contributed by atoms with E-state index in [0.717, 1.165) is 6.42 Å². The van der Waals surface area contributed by atoms with Crippen LogP contribution in [0.3, 0.4) is 0 Å². The molecule has 0 aliphatic rings. The van der Waals surface area contributed by atoms with Crippen molar-refractivity contribution in [1.82, 2.24) is 9.97 Å². The zero-order valence-electron chi connectivity index (χ0n) is 10.6. The van der Waals surface area contributed by atoms with Gasteiger partial charge in [-0.3, -0.25) is 0 Å². The number of aliphatic hydroxyl groups excluding tert-OH is 1. The topological polar surface area (TPSA) is 61.3 Å². The number of aromatic nitrogens is 2. The number of anilines is 2. The van der Waals surface area contributed by atoms with Gasteiger partial charge in [-0.15, -0.1) is 0 Å². The first kappa shape index (κ1) is 16.0. The van der Waals surface area contributed by atoms with Crippen LogP contribution in [0.25, 0.3) is 0 Å². The number of alkyl halides is 2. The molecule has 1 aromatic heterocycles. The van der Waals surface area contributed by atoms with Crippen molar-refractivity contribution in [2.24, 2.45) is 0 Å². The monoisotopic (exact) mass is 338 g/mol. The molecule has 0 bridgehead atoms. The van der Waals surface area contributed by atoms with E-state index in [1.165, 1.54) is 11.1 Å². The number of nitrogens with one attached hydrogen (secondary N) is 1. The van der Waals surface area contributed by atoms with Crippen molar-refractivity contribution in [1.29, 1.82) is 0 Å². The second kappa shape index (κ2) is 8.21. The minimum atomic E-state index is -2.50. The lowest BCUT2D eigenvalue weighted by atomic mass is 10.4. The van der Waals surface area contributed by atoms with Crippen LogP contribution in [-0.2, 0) is 0 Å². The van der Waals surface area contributed by atoms with Crippen LogP contribution in [0.4, 0.5) is 20.5 Å². The maximum absolute atomic E-state index is 12.5. The zero-order chi connectivity index (χ0) is 14.3. The molecule has 0 radical (unpaired) electrons. The Morgan fingerprint density at radius 2 is 2.26 bits per heavy atom. The summed E-state index contributed by atoms with van der Waals surface area (Å²) in [4.78, 5) is 9.57. The molecule has 2 N–H and O–H groups in total. The van der Waals surface area contributed by atoms with E-state index in [-0.39, 0.29) is 13.2 Å². The summed E-state index contributed by atoms with van der Waals surface area (Å²) in [6.07, 6.45) is -0.0806. The molecular weight excluding hydrogens is 322 g/mol. The lowest BCUT2D eigenvalue weighted by molar-refractivity contribution is 0.152. The van der Waals surface area contributed by atoms with Crippen LogP contribution in [-0.4, -0.2) is 47.7 Å². The Morgan fingerprint density at radius 3 is 2.84 bits per heavy atom. The van der Waals surface area contributed by atoms with Crippen molar-refractivity contribution in [2.75, 3.05) is 36.5 Å². The highest BCUT2D eigenvalue weighted by Crippen LogP contribution is 2.24. The van der Waals surface area contributed by atoms with E-state index in [1.807, 2.05) is 6.92 Å². The average molecular weight is 339 g/mol. The molecule has 0 aliphatic carbocycles. The molecule has 0 aromatic carbocycles.